The zero-order valence-electron chi connectivity index (χ0n) is 20.0. The highest BCUT2D eigenvalue weighted by atomic mass is 16.5. The SMILES string of the molecule is COc1ccc(CCC(=O)N(CCc2ccccc2)[C@@H](C)C(=O)NC2CCCC2)cc1OC. The smallest absolute Gasteiger partial charge is 0.242 e. The second-order valence-corrected chi connectivity index (χ2v) is 8.68. The Morgan fingerprint density at radius 1 is 0.970 bits per heavy atom. The summed E-state index contributed by atoms with van der Waals surface area (Å²) < 4.78 is 10.7. The number of rotatable bonds is 11. The van der Waals surface area contributed by atoms with Crippen molar-refractivity contribution in [1.82, 2.24) is 10.2 Å². The fourth-order valence-electron chi connectivity index (χ4n) is 4.39. The van der Waals surface area contributed by atoms with E-state index in [0.717, 1.165) is 36.8 Å². The van der Waals surface area contributed by atoms with E-state index in [1.807, 2.05) is 43.3 Å². The number of hydrogen-bond donors (Lipinski definition) is 1. The van der Waals surface area contributed by atoms with E-state index < -0.39 is 6.04 Å². The number of aryl methyl sites for hydroxylation is 1. The van der Waals surface area contributed by atoms with Gasteiger partial charge in [0.15, 0.2) is 11.5 Å². The Morgan fingerprint density at radius 2 is 1.67 bits per heavy atom. The average molecular weight is 453 g/mol. The van der Waals surface area contributed by atoms with Crippen LogP contribution >= 0.6 is 0 Å². The lowest BCUT2D eigenvalue weighted by molar-refractivity contribution is -0.140. The molecule has 0 aliphatic heterocycles. The van der Waals surface area contributed by atoms with Crippen molar-refractivity contribution >= 4 is 11.8 Å². The Labute approximate surface area is 197 Å². The van der Waals surface area contributed by atoms with Gasteiger partial charge in [-0.3, -0.25) is 9.59 Å². The molecule has 1 N–H and O–H groups in total. The summed E-state index contributed by atoms with van der Waals surface area (Å²) in [5.41, 5.74) is 2.14. The summed E-state index contributed by atoms with van der Waals surface area (Å²) >= 11 is 0. The van der Waals surface area contributed by atoms with Crippen LogP contribution in [0.1, 0.15) is 50.2 Å². The van der Waals surface area contributed by atoms with Crippen LogP contribution < -0.4 is 14.8 Å². The van der Waals surface area contributed by atoms with Crippen LogP contribution in [0.15, 0.2) is 48.5 Å². The maximum absolute atomic E-state index is 13.3. The van der Waals surface area contributed by atoms with Gasteiger partial charge in [0.1, 0.15) is 6.04 Å². The average Bonchev–Trinajstić information content (AvgIpc) is 3.36. The molecule has 2 aromatic carbocycles. The highest BCUT2D eigenvalue weighted by Gasteiger charge is 2.28. The Kier molecular flexibility index (Phi) is 9.16. The lowest BCUT2D eigenvalue weighted by Gasteiger charge is -2.30. The molecule has 0 heterocycles. The summed E-state index contributed by atoms with van der Waals surface area (Å²) in [7, 11) is 3.20. The number of carbonyl (C=O) groups is 2. The lowest BCUT2D eigenvalue weighted by atomic mass is 10.1. The fourth-order valence-corrected chi connectivity index (χ4v) is 4.39. The fraction of sp³-hybridized carbons (Fsp3) is 0.481. The molecule has 2 amide bonds. The van der Waals surface area contributed by atoms with Gasteiger partial charge in [-0.05, 0) is 55.9 Å². The molecule has 0 aromatic heterocycles. The molecule has 1 saturated carbocycles. The van der Waals surface area contributed by atoms with Crippen LogP contribution in [0.4, 0.5) is 0 Å². The van der Waals surface area contributed by atoms with Crippen molar-refractivity contribution in [2.24, 2.45) is 0 Å². The Balaban J connectivity index is 1.67. The molecule has 6 nitrogen and oxygen atoms in total. The summed E-state index contributed by atoms with van der Waals surface area (Å²) in [4.78, 5) is 28.0. The van der Waals surface area contributed by atoms with Crippen molar-refractivity contribution in [3.05, 3.63) is 59.7 Å². The Morgan fingerprint density at radius 3 is 2.33 bits per heavy atom. The monoisotopic (exact) mass is 452 g/mol. The van der Waals surface area contributed by atoms with E-state index in [0.29, 0.717) is 37.3 Å². The van der Waals surface area contributed by atoms with E-state index in [9.17, 15) is 9.59 Å². The first-order valence-electron chi connectivity index (χ1n) is 11.9. The molecule has 0 spiro atoms. The molecule has 1 aliphatic carbocycles. The molecule has 178 valence electrons. The van der Waals surface area contributed by atoms with Crippen molar-refractivity contribution in [2.75, 3.05) is 20.8 Å². The number of hydrogen-bond acceptors (Lipinski definition) is 4. The summed E-state index contributed by atoms with van der Waals surface area (Å²) in [6.07, 6.45) is 5.96. The van der Waals surface area contributed by atoms with Crippen LogP contribution in [-0.2, 0) is 22.4 Å². The molecule has 0 bridgehead atoms. The highest BCUT2D eigenvalue weighted by Crippen LogP contribution is 2.28. The van der Waals surface area contributed by atoms with E-state index in [2.05, 4.69) is 17.4 Å². The van der Waals surface area contributed by atoms with Gasteiger partial charge in [-0.2, -0.15) is 0 Å². The van der Waals surface area contributed by atoms with Crippen LogP contribution in [0, 0.1) is 0 Å². The van der Waals surface area contributed by atoms with E-state index >= 15 is 0 Å². The van der Waals surface area contributed by atoms with Gasteiger partial charge in [0, 0.05) is 19.0 Å². The topological polar surface area (TPSA) is 67.9 Å². The van der Waals surface area contributed by atoms with Gasteiger partial charge in [-0.1, -0.05) is 49.2 Å². The number of carbonyl (C=O) groups excluding carboxylic acids is 2. The second kappa shape index (κ2) is 12.3. The number of nitrogens with zero attached hydrogens (tertiary/aromatic N) is 1. The molecule has 0 unspecified atom stereocenters. The number of methoxy groups -OCH3 is 2. The summed E-state index contributed by atoms with van der Waals surface area (Å²) in [5.74, 6) is 1.23. The second-order valence-electron chi connectivity index (χ2n) is 8.68. The number of amides is 2. The molecular formula is C27H36N2O4. The van der Waals surface area contributed by atoms with Gasteiger partial charge in [0.25, 0.3) is 0 Å². The van der Waals surface area contributed by atoms with Crippen LogP contribution in [0.25, 0.3) is 0 Å². The number of ether oxygens (including phenoxy) is 2. The van der Waals surface area contributed by atoms with E-state index in [4.69, 9.17) is 9.47 Å². The molecule has 0 radical (unpaired) electrons. The van der Waals surface area contributed by atoms with Crippen molar-refractivity contribution in [2.45, 2.75) is 64.0 Å². The van der Waals surface area contributed by atoms with E-state index in [-0.39, 0.29) is 17.9 Å². The Hall–Kier alpha value is -3.02. The van der Waals surface area contributed by atoms with Crippen LogP contribution in [0.3, 0.4) is 0 Å². The van der Waals surface area contributed by atoms with Gasteiger partial charge >= 0.3 is 0 Å². The Bertz CT molecular complexity index is 910. The maximum atomic E-state index is 13.3. The molecular weight excluding hydrogens is 416 g/mol. The van der Waals surface area contributed by atoms with Crippen molar-refractivity contribution in [1.29, 1.82) is 0 Å². The van der Waals surface area contributed by atoms with Gasteiger partial charge in [0.05, 0.1) is 14.2 Å². The standard InChI is InChI=1S/C27H36N2O4/c1-20(27(31)28-23-11-7-8-12-23)29(18-17-21-9-5-4-6-10-21)26(30)16-14-22-13-15-24(32-2)25(19-22)33-3/h4-6,9-10,13,15,19-20,23H,7-8,11-12,14,16-18H2,1-3H3,(H,28,31)/t20-/m0/s1. The third kappa shape index (κ3) is 6.98. The maximum Gasteiger partial charge on any atom is 0.242 e. The first-order chi connectivity index (χ1) is 16.0. The van der Waals surface area contributed by atoms with E-state index in [1.54, 1.807) is 19.1 Å². The minimum atomic E-state index is -0.507. The van der Waals surface area contributed by atoms with Crippen LogP contribution in [0.2, 0.25) is 0 Å². The summed E-state index contributed by atoms with van der Waals surface area (Å²) in [6.45, 7) is 2.34. The van der Waals surface area contributed by atoms with Gasteiger partial charge in [0.2, 0.25) is 11.8 Å². The molecule has 3 rings (SSSR count). The third-order valence-electron chi connectivity index (χ3n) is 6.43. The van der Waals surface area contributed by atoms with E-state index in [1.165, 1.54) is 0 Å². The lowest BCUT2D eigenvalue weighted by Crippen LogP contribution is -2.50. The van der Waals surface area contributed by atoms with Gasteiger partial charge in [-0.15, -0.1) is 0 Å². The summed E-state index contributed by atoms with van der Waals surface area (Å²) in [5, 5.41) is 3.15. The predicted octanol–water partition coefficient (Wildman–Crippen LogP) is 4.16. The molecule has 1 atom stereocenters. The minimum absolute atomic E-state index is 0.0187. The first kappa shape index (κ1) is 24.6. The van der Waals surface area contributed by atoms with Crippen LogP contribution in [0.5, 0.6) is 11.5 Å². The van der Waals surface area contributed by atoms with Crippen LogP contribution in [-0.4, -0.2) is 49.6 Å². The molecule has 33 heavy (non-hydrogen) atoms. The number of nitrogens with one attached hydrogen (secondary N) is 1. The minimum Gasteiger partial charge on any atom is -0.493 e. The van der Waals surface area contributed by atoms with Crippen molar-refractivity contribution < 1.29 is 19.1 Å². The molecule has 1 fully saturated rings. The molecule has 2 aromatic rings. The molecule has 6 heteroatoms. The quantitative estimate of drug-likeness (QED) is 0.556. The largest absolute Gasteiger partial charge is 0.493 e. The zero-order valence-corrected chi connectivity index (χ0v) is 20.0. The number of benzene rings is 2. The normalized spacial score (nSPS) is 14.5. The van der Waals surface area contributed by atoms with Gasteiger partial charge < -0.3 is 19.7 Å². The molecule has 0 saturated heterocycles. The van der Waals surface area contributed by atoms with Gasteiger partial charge in [-0.25, -0.2) is 0 Å². The highest BCUT2D eigenvalue weighted by molar-refractivity contribution is 5.87. The van der Waals surface area contributed by atoms with Crippen molar-refractivity contribution in [3.8, 4) is 11.5 Å². The summed E-state index contributed by atoms with van der Waals surface area (Å²) in [6, 6.07) is 15.5. The zero-order chi connectivity index (χ0) is 23.6. The third-order valence-corrected chi connectivity index (χ3v) is 6.43. The first-order valence-corrected chi connectivity index (χ1v) is 11.9. The molecule has 1 aliphatic rings. The predicted molar refractivity (Wildman–Crippen MR) is 130 cm³/mol. The van der Waals surface area contributed by atoms with Crippen molar-refractivity contribution in [3.63, 3.8) is 0 Å².